The second kappa shape index (κ2) is 16.1. The molecule has 2 atom stereocenters. The van der Waals surface area contributed by atoms with Crippen LogP contribution >= 0.6 is 0 Å². The van der Waals surface area contributed by atoms with E-state index in [0.717, 1.165) is 47.0 Å². The number of nitrogens with one attached hydrogen (secondary N) is 1. The number of aliphatic hydroxyl groups excluding tert-OH is 1. The molecule has 2 unspecified atom stereocenters. The lowest BCUT2D eigenvalue weighted by atomic mass is 9.78. The summed E-state index contributed by atoms with van der Waals surface area (Å²) in [6, 6.07) is 22.4. The van der Waals surface area contributed by atoms with Gasteiger partial charge in [-0.2, -0.15) is 0 Å². The summed E-state index contributed by atoms with van der Waals surface area (Å²) in [5, 5.41) is 10.1. The molecule has 7 heteroatoms. The van der Waals surface area contributed by atoms with Crippen molar-refractivity contribution >= 4 is 23.6 Å². The van der Waals surface area contributed by atoms with Crippen LogP contribution in [0.3, 0.4) is 0 Å². The van der Waals surface area contributed by atoms with Gasteiger partial charge >= 0.3 is 0 Å². The summed E-state index contributed by atoms with van der Waals surface area (Å²) in [5.74, 6) is -0.232. The van der Waals surface area contributed by atoms with Crippen LogP contribution in [0, 0.1) is 26.2 Å². The van der Waals surface area contributed by atoms with Gasteiger partial charge in [-0.05, 0) is 53.8 Å². The smallest absolute Gasteiger partial charge is 0.209 e. The number of ketones is 1. The zero-order chi connectivity index (χ0) is 28.2. The molecule has 3 aromatic rings. The van der Waals surface area contributed by atoms with E-state index >= 15 is 0 Å². The first-order valence-electron chi connectivity index (χ1n) is 12.6. The van der Waals surface area contributed by atoms with Crippen LogP contribution in [-0.4, -0.2) is 43.4 Å². The number of hydrogen-bond acceptors (Lipinski definition) is 6. The van der Waals surface area contributed by atoms with Crippen LogP contribution in [0.15, 0.2) is 78.4 Å². The van der Waals surface area contributed by atoms with Crippen molar-refractivity contribution in [2.24, 2.45) is 5.92 Å². The quantitative estimate of drug-likeness (QED) is 0.206. The molecule has 0 saturated heterocycles. The minimum Gasteiger partial charge on any atom is -0.400 e. The molecule has 0 spiro atoms. The maximum atomic E-state index is 12.9. The molecular formula is C32H45N4O3. The van der Waals surface area contributed by atoms with E-state index in [1.54, 1.807) is 11.9 Å². The summed E-state index contributed by atoms with van der Waals surface area (Å²) in [5.41, 5.74) is 14.1. The van der Waals surface area contributed by atoms with Crippen LogP contribution in [0.1, 0.15) is 42.1 Å². The minimum absolute atomic E-state index is 0. The van der Waals surface area contributed by atoms with Gasteiger partial charge in [-0.15, -0.1) is 0 Å². The molecule has 39 heavy (non-hydrogen) atoms. The largest absolute Gasteiger partial charge is 0.400 e. The third-order valence-corrected chi connectivity index (χ3v) is 6.51. The second-order valence-electron chi connectivity index (χ2n) is 9.38. The Bertz CT molecular complexity index is 1250. The van der Waals surface area contributed by atoms with Gasteiger partial charge in [0, 0.05) is 47.4 Å². The molecule has 0 aliphatic heterocycles. The molecule has 0 heterocycles. The molecule has 0 aromatic heterocycles. The molecule has 1 aliphatic rings. The van der Waals surface area contributed by atoms with E-state index in [1.807, 2.05) is 69.8 Å². The Morgan fingerprint density at radius 1 is 1.05 bits per heavy atom. The third-order valence-electron chi connectivity index (χ3n) is 6.51. The van der Waals surface area contributed by atoms with Gasteiger partial charge in [-0.1, -0.05) is 73.2 Å². The van der Waals surface area contributed by atoms with Crippen LogP contribution in [0.2, 0.25) is 0 Å². The molecule has 3 aromatic carbocycles. The Labute approximate surface area is 234 Å². The monoisotopic (exact) mass is 533 g/mol. The molecule has 0 saturated carbocycles. The third kappa shape index (κ3) is 9.39. The molecule has 7 nitrogen and oxygen atoms in total. The number of amides is 1. The number of aryl methyl sites for hydroxylation is 2. The lowest BCUT2D eigenvalue weighted by Crippen LogP contribution is -2.21. The molecule has 4 rings (SSSR count). The topological polar surface area (TPSA) is 131 Å². The van der Waals surface area contributed by atoms with Crippen molar-refractivity contribution in [2.45, 2.75) is 33.2 Å². The van der Waals surface area contributed by atoms with Crippen molar-refractivity contribution in [3.05, 3.63) is 113 Å². The summed E-state index contributed by atoms with van der Waals surface area (Å²) in [4.78, 5) is 25.6. The fourth-order valence-electron chi connectivity index (χ4n) is 4.29. The van der Waals surface area contributed by atoms with Gasteiger partial charge in [-0.3, -0.25) is 9.59 Å². The molecule has 7 N–H and O–H groups in total. The number of aliphatic hydroxyl groups is 1. The number of anilines is 2. The maximum Gasteiger partial charge on any atom is 0.209 e. The molecule has 211 valence electrons. The van der Waals surface area contributed by atoms with Crippen molar-refractivity contribution in [1.29, 1.82) is 0 Å². The number of Topliss-reactive ketones (excluding diaryl/α,β-unsaturated/α-hetero) is 1. The number of allylic oxidation sites excluding steroid dienone is 2. The average molecular weight is 534 g/mol. The summed E-state index contributed by atoms with van der Waals surface area (Å²) < 4.78 is 0. The number of carbonyl (C=O) groups is 2. The van der Waals surface area contributed by atoms with Crippen LogP contribution in [-0.2, 0) is 16.1 Å². The fraction of sp³-hybridized carbons (Fsp3) is 0.281. The van der Waals surface area contributed by atoms with E-state index in [2.05, 4.69) is 42.6 Å². The van der Waals surface area contributed by atoms with Gasteiger partial charge in [0.25, 0.3) is 0 Å². The SMILES string of the molecule is CNc1ccc(C(c2ccc(C)c(CN(C)C=O)c2)C(C)C(=O)C2=C[CH]2)cc1N.CO.Cc1ccccc1.N.[HH]. The number of nitrogen functional groups attached to an aromatic ring is 1. The zero-order valence-electron chi connectivity index (χ0n) is 23.9. The van der Waals surface area contributed by atoms with Gasteiger partial charge in [0.1, 0.15) is 0 Å². The molecule has 0 fully saturated rings. The van der Waals surface area contributed by atoms with Crippen LogP contribution in [0.5, 0.6) is 0 Å². The van der Waals surface area contributed by atoms with Gasteiger partial charge in [0.2, 0.25) is 6.41 Å². The van der Waals surface area contributed by atoms with Crippen LogP contribution < -0.4 is 17.2 Å². The first-order chi connectivity index (χ1) is 18.2. The lowest BCUT2D eigenvalue weighted by molar-refractivity contribution is -0.118. The maximum absolute atomic E-state index is 12.9. The Balaban J connectivity index is 0.00000119. The van der Waals surface area contributed by atoms with E-state index in [4.69, 9.17) is 10.8 Å². The number of hydrogen-bond donors (Lipinski definition) is 4. The second-order valence-corrected chi connectivity index (χ2v) is 9.38. The predicted molar refractivity (Wildman–Crippen MR) is 164 cm³/mol. The number of nitrogens with two attached hydrogens (primary N) is 1. The van der Waals surface area contributed by atoms with Crippen molar-refractivity contribution in [1.82, 2.24) is 11.1 Å². The molecular weight excluding hydrogens is 488 g/mol. The van der Waals surface area contributed by atoms with Crippen LogP contribution in [0.4, 0.5) is 11.4 Å². The van der Waals surface area contributed by atoms with Gasteiger partial charge in [-0.25, -0.2) is 0 Å². The van der Waals surface area contributed by atoms with E-state index in [9.17, 15) is 9.59 Å². The summed E-state index contributed by atoms with van der Waals surface area (Å²) in [7, 11) is 4.59. The Morgan fingerprint density at radius 2 is 1.64 bits per heavy atom. The normalized spacial score (nSPS) is 12.5. The van der Waals surface area contributed by atoms with E-state index in [0.29, 0.717) is 12.2 Å². The first-order valence-corrected chi connectivity index (χ1v) is 12.6. The highest BCUT2D eigenvalue weighted by Crippen LogP contribution is 2.38. The highest BCUT2D eigenvalue weighted by Gasteiger charge is 2.32. The number of benzene rings is 3. The molecule has 1 amide bonds. The van der Waals surface area contributed by atoms with E-state index < -0.39 is 0 Å². The predicted octanol–water partition coefficient (Wildman–Crippen LogP) is 5.70. The number of carbonyl (C=O) groups excluding carboxylic acids is 2. The number of nitrogens with zero attached hydrogens (tertiary/aromatic N) is 1. The fourth-order valence-corrected chi connectivity index (χ4v) is 4.29. The minimum atomic E-state index is -0.237. The first kappa shape index (κ1) is 33.1. The summed E-state index contributed by atoms with van der Waals surface area (Å²) >= 11 is 0. The molecule has 0 bridgehead atoms. The Hall–Kier alpha value is -3.94. The molecule has 1 radical (unpaired) electrons. The zero-order valence-corrected chi connectivity index (χ0v) is 23.9. The Kier molecular flexibility index (Phi) is 13.7. The summed E-state index contributed by atoms with van der Waals surface area (Å²) in [6.07, 6.45) is 4.53. The van der Waals surface area contributed by atoms with Crippen molar-refractivity contribution < 1.29 is 16.1 Å². The highest BCUT2D eigenvalue weighted by molar-refractivity contribution is 6.04. The van der Waals surface area contributed by atoms with Crippen LogP contribution in [0.25, 0.3) is 0 Å². The van der Waals surface area contributed by atoms with E-state index in [-0.39, 0.29) is 25.2 Å². The van der Waals surface area contributed by atoms with Gasteiger partial charge < -0.3 is 27.2 Å². The van der Waals surface area contributed by atoms with Crippen molar-refractivity contribution in [3.8, 4) is 0 Å². The van der Waals surface area contributed by atoms with E-state index in [1.165, 1.54) is 5.56 Å². The van der Waals surface area contributed by atoms with Gasteiger partial charge in [0.15, 0.2) is 5.78 Å². The standard InChI is InChI=1S/C24H28N3O2.C7H8.CH4O.H3N.H2/c1-15-5-6-18(11-20(15)13-27(4)14-28)23(16(2)24(29)17-7-8-17)19-9-10-22(26-3)21(25)12-19;1-7-5-3-2-4-6-7;1-2;;/h5-12,14,16,23,26H,13,25H2,1-4H3;2-6H,1H3;2H,1H3;1H3;1H. The van der Waals surface area contributed by atoms with Crippen molar-refractivity contribution in [2.75, 3.05) is 32.3 Å². The number of rotatable bonds is 9. The average Bonchev–Trinajstić information content (AvgIpc) is 3.78. The van der Waals surface area contributed by atoms with Gasteiger partial charge in [0.05, 0.1) is 11.4 Å². The summed E-state index contributed by atoms with van der Waals surface area (Å²) in [6.45, 7) is 6.61. The Morgan fingerprint density at radius 3 is 2.13 bits per heavy atom. The molecule has 1 aliphatic carbocycles. The highest BCUT2D eigenvalue weighted by atomic mass is 16.2. The lowest BCUT2D eigenvalue weighted by Gasteiger charge is -2.26. The van der Waals surface area contributed by atoms with Crippen molar-refractivity contribution in [3.63, 3.8) is 0 Å².